The Bertz CT molecular complexity index is 533. The molecule has 1 heterocycles. The Morgan fingerprint density at radius 3 is 2.55 bits per heavy atom. The van der Waals surface area contributed by atoms with E-state index < -0.39 is 0 Å². The van der Waals surface area contributed by atoms with Gasteiger partial charge in [-0.15, -0.1) is 11.8 Å². The monoisotopic (exact) mass is 290 g/mol. The molecule has 2 rings (SSSR count). The second-order valence-electron chi connectivity index (χ2n) is 5.34. The highest BCUT2D eigenvalue weighted by molar-refractivity contribution is 7.98. The van der Waals surface area contributed by atoms with Gasteiger partial charge in [0.25, 0.3) is 0 Å². The van der Waals surface area contributed by atoms with Crippen LogP contribution in [0.15, 0.2) is 35.5 Å². The van der Waals surface area contributed by atoms with Gasteiger partial charge in [0, 0.05) is 23.9 Å². The first kappa shape index (κ1) is 15.1. The van der Waals surface area contributed by atoms with Crippen molar-refractivity contribution in [3.05, 3.63) is 42.0 Å². The Labute approximate surface area is 124 Å². The number of thioether (sulfide) groups is 1. The zero-order valence-corrected chi connectivity index (χ0v) is 13.1. The van der Waals surface area contributed by atoms with Crippen LogP contribution in [0.3, 0.4) is 0 Å². The van der Waals surface area contributed by atoms with E-state index in [1.807, 2.05) is 4.68 Å². The molecule has 1 atom stereocenters. The molecule has 20 heavy (non-hydrogen) atoms. The molecule has 108 valence electrons. The van der Waals surface area contributed by atoms with Crippen LogP contribution in [0.1, 0.15) is 31.3 Å². The molecule has 2 N–H and O–H groups in total. The van der Waals surface area contributed by atoms with Gasteiger partial charge in [0.1, 0.15) is 12.2 Å². The van der Waals surface area contributed by atoms with Crippen molar-refractivity contribution in [2.45, 2.75) is 37.8 Å². The van der Waals surface area contributed by atoms with Crippen LogP contribution < -0.4 is 5.73 Å². The van der Waals surface area contributed by atoms with Gasteiger partial charge >= 0.3 is 0 Å². The number of nitrogens with two attached hydrogens (primary N) is 1. The molecule has 0 radical (unpaired) electrons. The zero-order valence-electron chi connectivity index (χ0n) is 12.3. The number of nitrogens with zero attached hydrogens (tertiary/aromatic N) is 3. The van der Waals surface area contributed by atoms with Crippen LogP contribution in [0.5, 0.6) is 0 Å². The maximum absolute atomic E-state index is 6.29. The highest BCUT2D eigenvalue weighted by Gasteiger charge is 2.12. The van der Waals surface area contributed by atoms with E-state index in [4.69, 9.17) is 5.73 Å². The Kier molecular flexibility index (Phi) is 5.20. The largest absolute Gasteiger partial charge is 0.324 e. The minimum absolute atomic E-state index is 0.0407. The standard InChI is InChI=1S/C15H22N4S/c1-11(2)9-19-15(17-10-18-19)8-14(16)12-4-6-13(20-3)7-5-12/h4-7,10-11,14H,8-9,16H2,1-3H3. The van der Waals surface area contributed by atoms with Crippen molar-refractivity contribution >= 4 is 11.8 Å². The predicted octanol–water partition coefficient (Wildman–Crippen LogP) is 2.90. The van der Waals surface area contributed by atoms with Crippen molar-refractivity contribution in [1.29, 1.82) is 0 Å². The normalized spacial score (nSPS) is 12.8. The van der Waals surface area contributed by atoms with Gasteiger partial charge < -0.3 is 5.73 Å². The maximum Gasteiger partial charge on any atom is 0.138 e. The quantitative estimate of drug-likeness (QED) is 0.831. The van der Waals surface area contributed by atoms with Gasteiger partial charge in [-0.3, -0.25) is 0 Å². The Hall–Kier alpha value is -1.33. The number of hydrogen-bond donors (Lipinski definition) is 1. The third-order valence-electron chi connectivity index (χ3n) is 3.18. The van der Waals surface area contributed by atoms with Crippen molar-refractivity contribution in [2.75, 3.05) is 6.26 Å². The van der Waals surface area contributed by atoms with Crippen LogP contribution >= 0.6 is 11.8 Å². The molecule has 0 spiro atoms. The minimum Gasteiger partial charge on any atom is -0.324 e. The molecule has 0 bridgehead atoms. The van der Waals surface area contributed by atoms with Crippen molar-refractivity contribution < 1.29 is 0 Å². The Balaban J connectivity index is 2.06. The van der Waals surface area contributed by atoms with Crippen LogP contribution in [-0.4, -0.2) is 21.0 Å². The first-order chi connectivity index (χ1) is 9.60. The van der Waals surface area contributed by atoms with E-state index in [9.17, 15) is 0 Å². The lowest BCUT2D eigenvalue weighted by Gasteiger charge is -2.14. The summed E-state index contributed by atoms with van der Waals surface area (Å²) >= 11 is 1.74. The first-order valence-corrected chi connectivity index (χ1v) is 8.09. The summed E-state index contributed by atoms with van der Waals surface area (Å²) in [6.07, 6.45) is 4.40. The number of rotatable bonds is 6. The van der Waals surface area contributed by atoms with Crippen molar-refractivity contribution in [3.63, 3.8) is 0 Å². The summed E-state index contributed by atoms with van der Waals surface area (Å²) in [7, 11) is 0. The van der Waals surface area contributed by atoms with E-state index >= 15 is 0 Å². The second-order valence-corrected chi connectivity index (χ2v) is 6.22. The van der Waals surface area contributed by atoms with Crippen LogP contribution in [0.4, 0.5) is 0 Å². The molecule has 0 amide bonds. The molecular weight excluding hydrogens is 268 g/mol. The van der Waals surface area contributed by atoms with Gasteiger partial charge in [0.05, 0.1) is 0 Å². The number of hydrogen-bond acceptors (Lipinski definition) is 4. The van der Waals surface area contributed by atoms with Gasteiger partial charge in [-0.25, -0.2) is 9.67 Å². The lowest BCUT2D eigenvalue weighted by molar-refractivity contribution is 0.459. The van der Waals surface area contributed by atoms with Crippen LogP contribution in [0, 0.1) is 5.92 Å². The van der Waals surface area contributed by atoms with E-state index in [2.05, 4.69) is 54.5 Å². The van der Waals surface area contributed by atoms with Crippen molar-refractivity contribution in [2.24, 2.45) is 11.7 Å². The minimum atomic E-state index is -0.0407. The third kappa shape index (κ3) is 3.84. The molecule has 0 aliphatic heterocycles. The van der Waals surface area contributed by atoms with E-state index in [0.717, 1.165) is 17.9 Å². The smallest absolute Gasteiger partial charge is 0.138 e. The molecule has 2 aromatic rings. The summed E-state index contributed by atoms with van der Waals surface area (Å²) < 4.78 is 1.96. The highest BCUT2D eigenvalue weighted by atomic mass is 32.2. The van der Waals surface area contributed by atoms with Gasteiger partial charge in [-0.05, 0) is 29.9 Å². The lowest BCUT2D eigenvalue weighted by atomic mass is 10.0. The molecule has 1 aromatic heterocycles. The average molecular weight is 290 g/mol. The second kappa shape index (κ2) is 6.90. The van der Waals surface area contributed by atoms with E-state index in [1.54, 1.807) is 18.1 Å². The topological polar surface area (TPSA) is 56.7 Å². The molecule has 0 saturated carbocycles. The molecule has 0 saturated heterocycles. The van der Waals surface area contributed by atoms with Gasteiger partial charge in [0.2, 0.25) is 0 Å². The van der Waals surface area contributed by atoms with Crippen molar-refractivity contribution in [1.82, 2.24) is 14.8 Å². The summed E-state index contributed by atoms with van der Waals surface area (Å²) in [5, 5.41) is 4.28. The van der Waals surface area contributed by atoms with Gasteiger partial charge in [-0.2, -0.15) is 5.10 Å². The molecular formula is C15H22N4S. The fourth-order valence-electron chi connectivity index (χ4n) is 2.11. The third-order valence-corrected chi connectivity index (χ3v) is 3.92. The summed E-state index contributed by atoms with van der Waals surface area (Å²) in [6.45, 7) is 5.23. The molecule has 0 aliphatic carbocycles. The summed E-state index contributed by atoms with van der Waals surface area (Å²) in [5.41, 5.74) is 7.43. The van der Waals surface area contributed by atoms with E-state index in [-0.39, 0.29) is 6.04 Å². The molecule has 1 aromatic carbocycles. The maximum atomic E-state index is 6.29. The molecule has 1 unspecified atom stereocenters. The van der Waals surface area contributed by atoms with Gasteiger partial charge in [0.15, 0.2) is 0 Å². The van der Waals surface area contributed by atoms with Crippen LogP contribution in [-0.2, 0) is 13.0 Å². The SMILES string of the molecule is CSc1ccc(C(N)Cc2ncnn2CC(C)C)cc1. The summed E-state index contributed by atoms with van der Waals surface area (Å²) in [4.78, 5) is 5.59. The van der Waals surface area contributed by atoms with E-state index in [0.29, 0.717) is 12.3 Å². The highest BCUT2D eigenvalue weighted by Crippen LogP contribution is 2.20. The van der Waals surface area contributed by atoms with E-state index in [1.165, 1.54) is 4.90 Å². The number of benzene rings is 1. The number of aromatic nitrogens is 3. The Morgan fingerprint density at radius 2 is 1.95 bits per heavy atom. The first-order valence-electron chi connectivity index (χ1n) is 6.86. The Morgan fingerprint density at radius 1 is 1.25 bits per heavy atom. The molecule has 5 heteroatoms. The zero-order chi connectivity index (χ0) is 14.5. The molecule has 0 aliphatic rings. The van der Waals surface area contributed by atoms with Crippen molar-refractivity contribution in [3.8, 4) is 0 Å². The lowest BCUT2D eigenvalue weighted by Crippen LogP contribution is -2.18. The molecule has 0 fully saturated rings. The van der Waals surface area contributed by atoms with Gasteiger partial charge in [-0.1, -0.05) is 26.0 Å². The predicted molar refractivity (Wildman–Crippen MR) is 83.7 cm³/mol. The fraction of sp³-hybridized carbons (Fsp3) is 0.467. The van der Waals surface area contributed by atoms with Crippen LogP contribution in [0.2, 0.25) is 0 Å². The fourth-order valence-corrected chi connectivity index (χ4v) is 2.52. The summed E-state index contributed by atoms with van der Waals surface area (Å²) in [5.74, 6) is 1.51. The summed E-state index contributed by atoms with van der Waals surface area (Å²) in [6, 6.07) is 8.37. The average Bonchev–Trinajstić information content (AvgIpc) is 2.85. The van der Waals surface area contributed by atoms with Crippen LogP contribution in [0.25, 0.3) is 0 Å². The molecule has 4 nitrogen and oxygen atoms in total.